The van der Waals surface area contributed by atoms with Gasteiger partial charge < -0.3 is 50.2 Å². The Kier molecular flexibility index (Phi) is 13.5. The minimum Gasteiger partial charge on any atom is -0.394 e. The number of hydrogen-bond acceptors (Lipinski definition) is 11. The second-order valence-electron chi connectivity index (χ2n) is 8.22. The zero-order valence-corrected chi connectivity index (χ0v) is 22.3. The van der Waals surface area contributed by atoms with Crippen LogP contribution in [0.2, 0.25) is 0 Å². The van der Waals surface area contributed by atoms with Gasteiger partial charge in [0.15, 0.2) is 10.9 Å². The van der Waals surface area contributed by atoms with Crippen molar-refractivity contribution in [1.82, 2.24) is 10.6 Å². The lowest BCUT2D eigenvalue weighted by molar-refractivity contribution is -0.329. The van der Waals surface area contributed by atoms with Crippen LogP contribution in [-0.4, -0.2) is 108 Å². The number of anilines is 1. The van der Waals surface area contributed by atoms with Crippen LogP contribution in [0.3, 0.4) is 0 Å². The van der Waals surface area contributed by atoms with Crippen molar-refractivity contribution in [2.75, 3.05) is 51.5 Å². The highest BCUT2D eigenvalue weighted by atomic mass is 32.1. The third kappa shape index (κ3) is 10.3. The fourth-order valence-electron chi connectivity index (χ4n) is 3.58. The smallest absolute Gasteiger partial charge is 0.217 e. The Hall–Kier alpha value is -2.10. The molecule has 0 aliphatic carbocycles. The number of aliphatic hydroxyl groups is 3. The van der Waals surface area contributed by atoms with E-state index in [9.17, 15) is 20.1 Å². The predicted octanol–water partition coefficient (Wildman–Crippen LogP) is 0.0909. The van der Waals surface area contributed by atoms with Crippen LogP contribution in [-0.2, 0) is 23.7 Å². The summed E-state index contributed by atoms with van der Waals surface area (Å²) in [6.07, 6.45) is -3.83. The second kappa shape index (κ2) is 16.0. The number of aliphatic hydroxyl groups excluding tert-OH is 3. The summed E-state index contributed by atoms with van der Waals surface area (Å²) in [5, 5.41) is 41.3. The molecule has 0 bridgehead atoms. The number of aliphatic imine (C=N–C) groups is 1. The number of benzene rings is 1. The number of nitrogens with zero attached hydrogens (tertiary/aromatic N) is 1. The summed E-state index contributed by atoms with van der Waals surface area (Å²) < 4.78 is 22.4. The molecule has 1 fully saturated rings. The average Bonchev–Trinajstić information content (AvgIpc) is 2.86. The van der Waals surface area contributed by atoms with Gasteiger partial charge in [-0.15, -0.1) is 0 Å². The van der Waals surface area contributed by atoms with E-state index in [0.29, 0.717) is 37.2 Å². The maximum absolute atomic E-state index is 11.6. The van der Waals surface area contributed by atoms with Crippen LogP contribution in [0, 0.1) is 0 Å². The molecule has 0 radical (unpaired) electrons. The Morgan fingerprint density at radius 2 is 1.78 bits per heavy atom. The van der Waals surface area contributed by atoms with E-state index in [-0.39, 0.29) is 13.2 Å². The van der Waals surface area contributed by atoms with E-state index in [4.69, 9.17) is 31.2 Å². The first-order chi connectivity index (χ1) is 17.7. The lowest BCUT2D eigenvalue weighted by atomic mass is 9.91. The van der Waals surface area contributed by atoms with Gasteiger partial charge in [0.25, 0.3) is 0 Å². The molecule has 1 aliphatic rings. The Labute approximate surface area is 226 Å². The summed E-state index contributed by atoms with van der Waals surface area (Å²) in [4.78, 5) is 15.4. The summed E-state index contributed by atoms with van der Waals surface area (Å²) in [6.45, 7) is 4.13. The minimum absolute atomic E-state index is 0.0773. The van der Waals surface area contributed by atoms with Crippen molar-refractivity contribution in [3.05, 3.63) is 24.3 Å². The fraction of sp³-hybridized carbons (Fsp3) is 0.609. The van der Waals surface area contributed by atoms with Crippen LogP contribution in [0.25, 0.3) is 0 Å². The van der Waals surface area contributed by atoms with Gasteiger partial charge >= 0.3 is 0 Å². The Morgan fingerprint density at radius 1 is 1.14 bits per heavy atom. The van der Waals surface area contributed by atoms with Crippen LogP contribution in [0.15, 0.2) is 29.3 Å². The summed E-state index contributed by atoms with van der Waals surface area (Å²) >= 11 is 9.82. The largest absolute Gasteiger partial charge is 0.394 e. The van der Waals surface area contributed by atoms with Gasteiger partial charge in [0, 0.05) is 19.2 Å². The van der Waals surface area contributed by atoms with E-state index in [0.717, 1.165) is 5.69 Å². The Morgan fingerprint density at radius 3 is 2.41 bits per heavy atom. The van der Waals surface area contributed by atoms with Crippen molar-refractivity contribution in [2.45, 2.75) is 44.0 Å². The summed E-state index contributed by atoms with van der Waals surface area (Å²) in [5.74, 6) is -1.90. The van der Waals surface area contributed by atoms with Crippen molar-refractivity contribution in [3.8, 4) is 0 Å². The van der Waals surface area contributed by atoms with E-state index in [1.54, 1.807) is 12.1 Å². The highest BCUT2D eigenvalue weighted by Gasteiger charge is 2.52. The van der Waals surface area contributed by atoms with Crippen LogP contribution in [0.4, 0.5) is 11.4 Å². The normalized spacial score (nSPS) is 25.1. The molecule has 1 aromatic carbocycles. The van der Waals surface area contributed by atoms with Gasteiger partial charge in [0.1, 0.15) is 24.4 Å². The lowest BCUT2D eigenvalue weighted by Crippen LogP contribution is -2.70. The van der Waals surface area contributed by atoms with Crippen LogP contribution >= 0.6 is 24.4 Å². The molecular formula is C23H34N4O8S2. The van der Waals surface area contributed by atoms with Crippen molar-refractivity contribution in [3.63, 3.8) is 0 Å². The third-order valence-corrected chi connectivity index (χ3v) is 5.72. The molecule has 37 heavy (non-hydrogen) atoms. The van der Waals surface area contributed by atoms with Gasteiger partial charge in [-0.1, -0.05) is 0 Å². The quantitative estimate of drug-likeness (QED) is 0.104. The summed E-state index contributed by atoms with van der Waals surface area (Å²) in [7, 11) is 0. The highest BCUT2D eigenvalue weighted by Crippen LogP contribution is 2.31. The fourth-order valence-corrected chi connectivity index (χ4v) is 3.91. The number of thiocarbonyl (C=S) groups is 2. The standard InChI is InChI=1S/C23H34N4O8S2/c1-15(29)26-21-20(31)19(30)18(13-28)35-23(21,2)34-12-11-33-10-9-32-8-7-24-22(37)27-17-5-3-16(4-6-17)25-14-36/h3-6,18-21,28,30-31H,7-13H2,1-2H3,(H,26,29)(H2,24,27,37)/t18?,19-,20-,21?,23-/m0/s1. The first-order valence-electron chi connectivity index (χ1n) is 11.6. The van der Waals surface area contributed by atoms with Crippen molar-refractivity contribution in [1.29, 1.82) is 0 Å². The van der Waals surface area contributed by atoms with Crippen LogP contribution < -0.4 is 16.0 Å². The minimum atomic E-state index is -1.48. The molecule has 0 aromatic heterocycles. The molecule has 1 aromatic rings. The number of hydrogen-bond donors (Lipinski definition) is 6. The first-order valence-corrected chi connectivity index (χ1v) is 12.5. The molecule has 5 atom stereocenters. The molecule has 1 amide bonds. The van der Waals surface area contributed by atoms with Gasteiger partial charge in [-0.3, -0.25) is 4.79 Å². The number of isothiocyanates is 1. The van der Waals surface area contributed by atoms with Gasteiger partial charge in [-0.25, -0.2) is 0 Å². The Bertz CT molecular complexity index is 919. The van der Waals surface area contributed by atoms with Gasteiger partial charge in [0.2, 0.25) is 5.91 Å². The SMILES string of the molecule is CC(=O)NC1[C@@H](O)[C@@H](O)C(CO)O[C@]1(C)OCCOCCOCCNC(=S)Nc1ccc(N=C=S)cc1. The Balaban J connectivity index is 1.59. The average molecular weight is 559 g/mol. The number of carbonyl (C=O) groups is 1. The summed E-state index contributed by atoms with van der Waals surface area (Å²) in [5.41, 5.74) is 1.52. The van der Waals surface area contributed by atoms with E-state index in [1.165, 1.54) is 13.8 Å². The van der Waals surface area contributed by atoms with Gasteiger partial charge in [-0.05, 0) is 55.6 Å². The topological polar surface area (TPSA) is 163 Å². The van der Waals surface area contributed by atoms with E-state index in [1.807, 2.05) is 12.1 Å². The third-order valence-electron chi connectivity index (χ3n) is 5.38. The molecule has 2 unspecified atom stereocenters. The monoisotopic (exact) mass is 558 g/mol. The highest BCUT2D eigenvalue weighted by molar-refractivity contribution is 7.80. The molecule has 0 spiro atoms. The number of nitrogens with one attached hydrogen (secondary N) is 3. The van der Waals surface area contributed by atoms with Crippen molar-refractivity contribution < 1.29 is 39.1 Å². The number of carbonyl (C=O) groups excluding carboxylic acids is 1. The summed E-state index contributed by atoms with van der Waals surface area (Å²) in [6, 6.07) is 6.20. The lowest BCUT2D eigenvalue weighted by Gasteiger charge is -2.48. The van der Waals surface area contributed by atoms with Crippen LogP contribution in [0.5, 0.6) is 0 Å². The number of ether oxygens (including phenoxy) is 4. The first kappa shape index (κ1) is 31.1. The van der Waals surface area contributed by atoms with E-state index in [2.05, 4.69) is 38.3 Å². The maximum atomic E-state index is 11.6. The predicted molar refractivity (Wildman–Crippen MR) is 143 cm³/mol. The number of amides is 1. The molecule has 2 rings (SSSR count). The molecule has 0 saturated carbocycles. The zero-order chi connectivity index (χ0) is 27.3. The molecule has 14 heteroatoms. The van der Waals surface area contributed by atoms with Crippen molar-refractivity contribution in [2.24, 2.45) is 4.99 Å². The molecule has 6 N–H and O–H groups in total. The van der Waals surface area contributed by atoms with Gasteiger partial charge in [0.05, 0.1) is 50.5 Å². The van der Waals surface area contributed by atoms with Crippen molar-refractivity contribution >= 4 is 52.0 Å². The van der Waals surface area contributed by atoms with E-state index >= 15 is 0 Å². The van der Waals surface area contributed by atoms with Gasteiger partial charge in [-0.2, -0.15) is 4.99 Å². The molecular weight excluding hydrogens is 524 g/mol. The zero-order valence-electron chi connectivity index (χ0n) is 20.7. The van der Waals surface area contributed by atoms with Crippen LogP contribution in [0.1, 0.15) is 13.8 Å². The molecule has 1 heterocycles. The second-order valence-corrected chi connectivity index (χ2v) is 8.81. The molecule has 12 nitrogen and oxygen atoms in total. The maximum Gasteiger partial charge on any atom is 0.217 e. The van der Waals surface area contributed by atoms with E-state index < -0.39 is 42.7 Å². The molecule has 1 aliphatic heterocycles. The molecule has 1 saturated heterocycles. The number of rotatable bonds is 14. The molecule has 206 valence electrons.